The molecule has 0 bridgehead atoms. The summed E-state index contributed by atoms with van der Waals surface area (Å²) in [6.45, 7) is 1.73. The molecule has 0 atom stereocenters. The van der Waals surface area contributed by atoms with Crippen LogP contribution in [0.4, 0.5) is 5.69 Å². The molecule has 148 valence electrons. The van der Waals surface area contributed by atoms with Crippen molar-refractivity contribution < 1.29 is 24.0 Å². The van der Waals surface area contributed by atoms with Crippen LogP contribution < -0.4 is 0 Å². The maximum Gasteiger partial charge on any atom is 0.356 e. The predicted octanol–water partition coefficient (Wildman–Crippen LogP) is 3.00. The molecule has 1 aliphatic rings. The summed E-state index contributed by atoms with van der Waals surface area (Å²) in [7, 11) is 0. The minimum absolute atomic E-state index is 0.00865. The fourth-order valence-electron chi connectivity index (χ4n) is 3.25. The van der Waals surface area contributed by atoms with Gasteiger partial charge < -0.3 is 4.74 Å². The molecule has 0 saturated carbocycles. The molecule has 1 aromatic carbocycles. The van der Waals surface area contributed by atoms with E-state index in [-0.39, 0.29) is 46.1 Å². The largest absolute Gasteiger partial charge is 0.461 e. The Bertz CT molecular complexity index is 1230. The van der Waals surface area contributed by atoms with Gasteiger partial charge in [0.25, 0.3) is 5.69 Å². The number of carbonyl (C=O) groups is 3. The molecule has 4 rings (SSSR count). The highest BCUT2D eigenvalue weighted by molar-refractivity contribution is 6.29. The van der Waals surface area contributed by atoms with Crippen LogP contribution in [0.1, 0.15) is 49.4 Å². The van der Waals surface area contributed by atoms with Crippen molar-refractivity contribution in [1.82, 2.24) is 9.97 Å². The molecular formula is C21H13N3O6. The molecule has 0 unspecified atom stereocenters. The Morgan fingerprint density at radius 3 is 2.47 bits per heavy atom. The molecule has 2 heterocycles. The molecule has 0 aliphatic heterocycles. The SMILES string of the molecule is CCOC(=O)c1cc2c(c(-c3ccc([N+](=O)[O-])cc3)n1)C(=O)c1cccnc1C2=O. The highest BCUT2D eigenvalue weighted by Crippen LogP contribution is 2.34. The van der Waals surface area contributed by atoms with Gasteiger partial charge in [0.15, 0.2) is 5.78 Å². The first-order valence-corrected chi connectivity index (χ1v) is 8.93. The maximum absolute atomic E-state index is 13.2. The van der Waals surface area contributed by atoms with E-state index < -0.39 is 22.5 Å². The lowest BCUT2D eigenvalue weighted by atomic mass is 9.84. The van der Waals surface area contributed by atoms with Gasteiger partial charge in [-0.3, -0.25) is 24.7 Å². The maximum atomic E-state index is 13.2. The van der Waals surface area contributed by atoms with Gasteiger partial charge in [-0.25, -0.2) is 9.78 Å². The van der Waals surface area contributed by atoms with E-state index >= 15 is 0 Å². The van der Waals surface area contributed by atoms with Crippen LogP contribution in [0.2, 0.25) is 0 Å². The number of pyridine rings is 2. The van der Waals surface area contributed by atoms with Gasteiger partial charge in [-0.1, -0.05) is 0 Å². The number of hydrogen-bond donors (Lipinski definition) is 0. The van der Waals surface area contributed by atoms with Gasteiger partial charge >= 0.3 is 5.97 Å². The second-order valence-corrected chi connectivity index (χ2v) is 6.36. The van der Waals surface area contributed by atoms with Crippen molar-refractivity contribution in [3.8, 4) is 11.3 Å². The number of nitro benzene ring substituents is 1. The number of hydrogen-bond acceptors (Lipinski definition) is 8. The van der Waals surface area contributed by atoms with Crippen LogP contribution in [0.3, 0.4) is 0 Å². The van der Waals surface area contributed by atoms with Crippen molar-refractivity contribution in [1.29, 1.82) is 0 Å². The zero-order chi connectivity index (χ0) is 21.4. The fourth-order valence-corrected chi connectivity index (χ4v) is 3.25. The number of nitrogens with zero attached hydrogens (tertiary/aromatic N) is 3. The molecular weight excluding hydrogens is 390 g/mol. The third-order valence-electron chi connectivity index (χ3n) is 4.59. The van der Waals surface area contributed by atoms with Gasteiger partial charge in [0, 0.05) is 29.5 Å². The van der Waals surface area contributed by atoms with E-state index in [0.29, 0.717) is 5.56 Å². The van der Waals surface area contributed by atoms with Crippen LogP contribution in [0.25, 0.3) is 11.3 Å². The smallest absolute Gasteiger partial charge is 0.356 e. The molecule has 1 aliphatic carbocycles. The predicted molar refractivity (Wildman–Crippen MR) is 103 cm³/mol. The molecule has 2 aromatic heterocycles. The van der Waals surface area contributed by atoms with E-state index in [1.807, 2.05) is 0 Å². The number of esters is 1. The first-order valence-electron chi connectivity index (χ1n) is 8.93. The van der Waals surface area contributed by atoms with Crippen molar-refractivity contribution in [2.75, 3.05) is 6.61 Å². The van der Waals surface area contributed by atoms with E-state index in [9.17, 15) is 24.5 Å². The van der Waals surface area contributed by atoms with E-state index in [2.05, 4.69) is 9.97 Å². The van der Waals surface area contributed by atoms with Crippen LogP contribution in [0.15, 0.2) is 48.7 Å². The molecule has 0 fully saturated rings. The van der Waals surface area contributed by atoms with Crippen molar-refractivity contribution in [2.24, 2.45) is 0 Å². The van der Waals surface area contributed by atoms with Crippen molar-refractivity contribution in [3.05, 3.63) is 86.9 Å². The van der Waals surface area contributed by atoms with Gasteiger partial charge in [-0.2, -0.15) is 0 Å². The van der Waals surface area contributed by atoms with Gasteiger partial charge in [0.1, 0.15) is 11.4 Å². The van der Waals surface area contributed by atoms with Gasteiger partial charge in [0.05, 0.1) is 28.4 Å². The number of nitro groups is 1. The van der Waals surface area contributed by atoms with Crippen LogP contribution in [0.5, 0.6) is 0 Å². The molecule has 3 aromatic rings. The monoisotopic (exact) mass is 403 g/mol. The van der Waals surface area contributed by atoms with E-state index in [4.69, 9.17) is 4.74 Å². The number of carbonyl (C=O) groups excluding carboxylic acids is 3. The van der Waals surface area contributed by atoms with Crippen LogP contribution in [-0.2, 0) is 4.74 Å². The topological polar surface area (TPSA) is 129 Å². The van der Waals surface area contributed by atoms with Crippen LogP contribution >= 0.6 is 0 Å². The average Bonchev–Trinajstić information content (AvgIpc) is 2.77. The third-order valence-corrected chi connectivity index (χ3v) is 4.59. The molecule has 30 heavy (non-hydrogen) atoms. The molecule has 0 amide bonds. The summed E-state index contributed by atoms with van der Waals surface area (Å²) < 4.78 is 4.99. The van der Waals surface area contributed by atoms with Gasteiger partial charge in [0.2, 0.25) is 5.78 Å². The Kier molecular flexibility index (Phi) is 4.63. The molecule has 9 heteroatoms. The van der Waals surface area contributed by atoms with Gasteiger partial charge in [-0.05, 0) is 37.3 Å². The van der Waals surface area contributed by atoms with Crippen molar-refractivity contribution in [2.45, 2.75) is 6.92 Å². The van der Waals surface area contributed by atoms with Crippen molar-refractivity contribution in [3.63, 3.8) is 0 Å². The summed E-state index contributed by atoms with van der Waals surface area (Å²) in [6, 6.07) is 9.58. The number of aromatic nitrogens is 2. The summed E-state index contributed by atoms with van der Waals surface area (Å²) in [5.41, 5.74) is 0.236. The van der Waals surface area contributed by atoms with Crippen LogP contribution in [-0.4, -0.2) is 39.0 Å². The Morgan fingerprint density at radius 1 is 1.07 bits per heavy atom. The van der Waals surface area contributed by atoms with E-state index in [1.54, 1.807) is 13.0 Å². The lowest BCUT2D eigenvalue weighted by Crippen LogP contribution is -2.25. The summed E-state index contributed by atoms with van der Waals surface area (Å²) in [5.74, 6) is -1.74. The lowest BCUT2D eigenvalue weighted by molar-refractivity contribution is -0.384. The Balaban J connectivity index is 1.98. The average molecular weight is 403 g/mol. The van der Waals surface area contributed by atoms with E-state index in [0.717, 1.165) is 0 Å². The summed E-state index contributed by atoms with van der Waals surface area (Å²) in [6.07, 6.45) is 1.40. The fraction of sp³-hybridized carbons (Fsp3) is 0.0952. The highest BCUT2D eigenvalue weighted by Gasteiger charge is 2.35. The minimum Gasteiger partial charge on any atom is -0.461 e. The Hall–Kier alpha value is -4.27. The van der Waals surface area contributed by atoms with E-state index in [1.165, 1.54) is 42.6 Å². The zero-order valence-electron chi connectivity index (χ0n) is 15.6. The van der Waals surface area contributed by atoms with Crippen LogP contribution in [0, 0.1) is 10.1 Å². The number of fused-ring (bicyclic) bond motifs is 2. The second-order valence-electron chi connectivity index (χ2n) is 6.36. The summed E-state index contributed by atoms with van der Waals surface area (Å²) in [5, 5.41) is 11.0. The normalized spacial score (nSPS) is 12.2. The molecule has 0 N–H and O–H groups in total. The van der Waals surface area contributed by atoms with Gasteiger partial charge in [-0.15, -0.1) is 0 Å². The number of benzene rings is 1. The quantitative estimate of drug-likeness (QED) is 0.289. The molecule has 0 saturated heterocycles. The lowest BCUT2D eigenvalue weighted by Gasteiger charge is -2.20. The first-order chi connectivity index (χ1) is 14.4. The minimum atomic E-state index is -0.754. The third kappa shape index (κ3) is 3.02. The Labute approximate surface area is 169 Å². The number of ketones is 2. The Morgan fingerprint density at radius 2 is 1.80 bits per heavy atom. The summed E-state index contributed by atoms with van der Waals surface area (Å²) >= 11 is 0. The summed E-state index contributed by atoms with van der Waals surface area (Å²) in [4.78, 5) is 57.2. The standard InChI is InChI=1S/C21H13N3O6/c1-2-30-21(27)15-10-14-16(19(25)13-4-3-9-22-18(13)20(14)26)17(23-15)11-5-7-12(8-6-11)24(28)29/h3-10H,2H2,1H3. The first kappa shape index (κ1) is 19.1. The molecule has 9 nitrogen and oxygen atoms in total. The number of rotatable bonds is 4. The number of non-ortho nitro benzene ring substituents is 1. The zero-order valence-corrected chi connectivity index (χ0v) is 15.6. The second kappa shape index (κ2) is 7.28. The highest BCUT2D eigenvalue weighted by atomic mass is 16.6. The molecule has 0 spiro atoms. The van der Waals surface area contributed by atoms with Crippen molar-refractivity contribution >= 4 is 23.2 Å². The molecule has 0 radical (unpaired) electrons. The number of ether oxygens (including phenoxy) is 1.